The molecule has 0 aliphatic rings. The summed E-state index contributed by atoms with van der Waals surface area (Å²) in [6.45, 7) is 0.455. The molecule has 1 N–H and O–H groups in total. The Labute approximate surface area is 123 Å². The number of nitrogens with zero attached hydrogens (tertiary/aromatic N) is 1. The van der Waals surface area contributed by atoms with Gasteiger partial charge >= 0.3 is 0 Å². The Kier molecular flexibility index (Phi) is 4.69. The van der Waals surface area contributed by atoms with E-state index in [0.717, 1.165) is 5.56 Å². The number of hydrogen-bond donors (Lipinski definition) is 1. The third kappa shape index (κ3) is 3.51. The zero-order valence-electron chi connectivity index (χ0n) is 9.16. The first-order valence-corrected chi connectivity index (χ1v) is 6.66. The maximum absolute atomic E-state index is 6.03. The van der Waals surface area contributed by atoms with Crippen LogP contribution in [-0.4, -0.2) is 6.21 Å². The fourth-order valence-corrected chi connectivity index (χ4v) is 2.18. The molecule has 6 heteroatoms. The summed E-state index contributed by atoms with van der Waals surface area (Å²) in [5, 5.41) is 5.26. The van der Waals surface area contributed by atoms with Crippen molar-refractivity contribution in [1.82, 2.24) is 5.43 Å². The smallest absolute Gasteiger partial charge is 0.169 e. The topological polar surface area (TPSA) is 37.5 Å². The maximum atomic E-state index is 6.03. The Morgan fingerprint density at radius 2 is 1.94 bits per heavy atom. The summed E-state index contributed by atoms with van der Waals surface area (Å²) in [6, 6.07) is 8.98. The van der Waals surface area contributed by atoms with E-state index in [9.17, 15) is 0 Å². The van der Waals surface area contributed by atoms with E-state index in [1.54, 1.807) is 36.5 Å². The highest BCUT2D eigenvalue weighted by Crippen LogP contribution is 2.23. The highest BCUT2D eigenvalue weighted by molar-refractivity contribution is 9.10. The second kappa shape index (κ2) is 6.27. The van der Waals surface area contributed by atoms with E-state index in [1.807, 2.05) is 0 Å². The second-order valence-corrected chi connectivity index (χ2v) is 5.03. The molecule has 94 valence electrons. The van der Waals surface area contributed by atoms with Gasteiger partial charge in [0.25, 0.3) is 0 Å². The lowest BCUT2D eigenvalue weighted by atomic mass is 10.2. The molecule has 0 radical (unpaired) electrons. The third-order valence-corrected chi connectivity index (χ3v) is 3.33. The second-order valence-electron chi connectivity index (χ2n) is 3.44. The van der Waals surface area contributed by atoms with Crippen molar-refractivity contribution in [3.63, 3.8) is 0 Å². The van der Waals surface area contributed by atoms with Gasteiger partial charge in [0.1, 0.15) is 5.76 Å². The van der Waals surface area contributed by atoms with Gasteiger partial charge in [0.15, 0.2) is 4.67 Å². The van der Waals surface area contributed by atoms with Gasteiger partial charge in [-0.1, -0.05) is 29.3 Å². The summed E-state index contributed by atoms with van der Waals surface area (Å²) >= 11 is 15.3. The van der Waals surface area contributed by atoms with E-state index in [4.69, 9.17) is 27.6 Å². The third-order valence-electron chi connectivity index (χ3n) is 2.19. The van der Waals surface area contributed by atoms with Crippen molar-refractivity contribution in [1.29, 1.82) is 0 Å². The van der Waals surface area contributed by atoms with E-state index in [0.29, 0.717) is 27.0 Å². The Hall–Kier alpha value is -0.970. The van der Waals surface area contributed by atoms with Crippen LogP contribution >= 0.6 is 39.1 Å². The van der Waals surface area contributed by atoms with Gasteiger partial charge in [0, 0.05) is 15.6 Å². The zero-order chi connectivity index (χ0) is 13.0. The van der Waals surface area contributed by atoms with Crippen LogP contribution in [0.15, 0.2) is 44.5 Å². The molecule has 0 aliphatic carbocycles. The molecule has 0 saturated heterocycles. The van der Waals surface area contributed by atoms with Crippen LogP contribution in [0.1, 0.15) is 11.3 Å². The molecule has 1 aromatic carbocycles. The highest BCUT2D eigenvalue weighted by atomic mass is 79.9. The molecule has 0 atom stereocenters. The summed E-state index contributed by atoms with van der Waals surface area (Å²) in [5.41, 5.74) is 3.68. The van der Waals surface area contributed by atoms with Gasteiger partial charge < -0.3 is 9.84 Å². The lowest BCUT2D eigenvalue weighted by molar-refractivity contribution is 0.533. The van der Waals surface area contributed by atoms with Crippen molar-refractivity contribution in [3.8, 4) is 0 Å². The van der Waals surface area contributed by atoms with Gasteiger partial charge in [-0.3, -0.25) is 0 Å². The van der Waals surface area contributed by atoms with Crippen molar-refractivity contribution in [3.05, 3.63) is 56.4 Å². The fraction of sp³-hybridized carbons (Fsp3) is 0.0833. The maximum Gasteiger partial charge on any atom is 0.169 e. The van der Waals surface area contributed by atoms with Crippen LogP contribution in [0.3, 0.4) is 0 Å². The van der Waals surface area contributed by atoms with Gasteiger partial charge in [-0.15, -0.1) is 0 Å². The minimum atomic E-state index is 0.455. The van der Waals surface area contributed by atoms with Gasteiger partial charge in [0.05, 0.1) is 12.8 Å². The number of rotatable bonds is 4. The molecule has 2 aromatic rings. The van der Waals surface area contributed by atoms with Crippen LogP contribution in [-0.2, 0) is 6.54 Å². The number of furan rings is 1. The fourth-order valence-electron chi connectivity index (χ4n) is 1.33. The number of halogens is 3. The van der Waals surface area contributed by atoms with Crippen LogP contribution in [0.5, 0.6) is 0 Å². The summed E-state index contributed by atoms with van der Waals surface area (Å²) in [5.74, 6) is 0.652. The molecule has 0 fully saturated rings. The molecule has 3 nitrogen and oxygen atoms in total. The minimum absolute atomic E-state index is 0.455. The number of hydrogen-bond acceptors (Lipinski definition) is 3. The normalized spacial score (nSPS) is 11.1. The monoisotopic (exact) mass is 346 g/mol. The molecule has 1 aromatic heterocycles. The van der Waals surface area contributed by atoms with Crippen molar-refractivity contribution < 1.29 is 4.42 Å². The predicted octanol–water partition coefficient (Wildman–Crippen LogP) is 4.47. The SMILES string of the molecule is Clc1cccc(Cl)c1CN/N=C\c1ccc(Br)o1. The summed E-state index contributed by atoms with van der Waals surface area (Å²) in [7, 11) is 0. The molecule has 0 saturated carbocycles. The molecule has 0 bridgehead atoms. The molecular formula is C12H9BrCl2N2O. The molecule has 1 heterocycles. The molecular weight excluding hydrogens is 339 g/mol. The molecule has 0 amide bonds. The van der Waals surface area contributed by atoms with Crippen molar-refractivity contribution in [2.75, 3.05) is 0 Å². The number of benzene rings is 1. The predicted molar refractivity (Wildman–Crippen MR) is 77.3 cm³/mol. The molecule has 2 rings (SSSR count). The lowest BCUT2D eigenvalue weighted by Gasteiger charge is -2.05. The molecule has 0 aliphatic heterocycles. The van der Waals surface area contributed by atoms with Crippen molar-refractivity contribution >= 4 is 45.3 Å². The first kappa shape index (κ1) is 13.5. The zero-order valence-corrected chi connectivity index (χ0v) is 12.3. The standard InChI is InChI=1S/C12H9BrCl2N2O/c13-12-5-4-8(18-12)6-16-17-7-9-10(14)2-1-3-11(9)15/h1-6,17H,7H2/b16-6-. The molecule has 0 unspecified atom stereocenters. The number of nitrogens with one attached hydrogen (secondary N) is 1. The van der Waals surface area contributed by atoms with Crippen LogP contribution in [0.25, 0.3) is 0 Å². The van der Waals surface area contributed by atoms with Crippen LogP contribution < -0.4 is 5.43 Å². The highest BCUT2D eigenvalue weighted by Gasteiger charge is 2.03. The van der Waals surface area contributed by atoms with E-state index in [-0.39, 0.29) is 0 Å². The Morgan fingerprint density at radius 1 is 1.22 bits per heavy atom. The van der Waals surface area contributed by atoms with Gasteiger partial charge in [-0.2, -0.15) is 5.10 Å². The van der Waals surface area contributed by atoms with Crippen LogP contribution in [0.2, 0.25) is 10.0 Å². The first-order chi connectivity index (χ1) is 8.66. The average molecular weight is 348 g/mol. The van der Waals surface area contributed by atoms with Crippen LogP contribution in [0, 0.1) is 0 Å². The van der Waals surface area contributed by atoms with Crippen molar-refractivity contribution in [2.24, 2.45) is 5.10 Å². The Morgan fingerprint density at radius 3 is 2.56 bits per heavy atom. The Balaban J connectivity index is 1.94. The quantitative estimate of drug-likeness (QED) is 0.654. The Bertz CT molecular complexity index is 549. The minimum Gasteiger partial charge on any atom is -0.448 e. The van der Waals surface area contributed by atoms with E-state index < -0.39 is 0 Å². The lowest BCUT2D eigenvalue weighted by Crippen LogP contribution is -2.06. The first-order valence-electron chi connectivity index (χ1n) is 5.11. The largest absolute Gasteiger partial charge is 0.448 e. The summed E-state index contributed by atoms with van der Waals surface area (Å²) in [6.07, 6.45) is 1.58. The van der Waals surface area contributed by atoms with Gasteiger partial charge in [-0.05, 0) is 40.2 Å². The van der Waals surface area contributed by atoms with E-state index >= 15 is 0 Å². The van der Waals surface area contributed by atoms with E-state index in [2.05, 4.69) is 26.5 Å². The number of hydrazone groups is 1. The van der Waals surface area contributed by atoms with Gasteiger partial charge in [0.2, 0.25) is 0 Å². The van der Waals surface area contributed by atoms with Gasteiger partial charge in [-0.25, -0.2) is 0 Å². The van der Waals surface area contributed by atoms with E-state index in [1.165, 1.54) is 0 Å². The molecule has 0 spiro atoms. The van der Waals surface area contributed by atoms with Crippen molar-refractivity contribution in [2.45, 2.75) is 6.54 Å². The summed E-state index contributed by atoms with van der Waals surface area (Å²) < 4.78 is 5.92. The average Bonchev–Trinajstić information content (AvgIpc) is 2.73. The van der Waals surface area contributed by atoms with Crippen LogP contribution in [0.4, 0.5) is 0 Å². The molecule has 18 heavy (non-hydrogen) atoms. The summed E-state index contributed by atoms with van der Waals surface area (Å²) in [4.78, 5) is 0.